The molecule has 0 radical (unpaired) electrons. The van der Waals surface area contributed by atoms with E-state index in [9.17, 15) is 13.2 Å². The van der Waals surface area contributed by atoms with Gasteiger partial charge in [-0.1, -0.05) is 18.2 Å². The minimum atomic E-state index is -3.66. The Morgan fingerprint density at radius 1 is 1.21 bits per heavy atom. The summed E-state index contributed by atoms with van der Waals surface area (Å²) in [5.74, 6) is 0.615. The van der Waals surface area contributed by atoms with Gasteiger partial charge in [0, 0.05) is 5.56 Å². The number of benzene rings is 2. The first-order valence-electron chi connectivity index (χ1n) is 9.01. The first-order valence-corrected chi connectivity index (χ1v) is 10.9. The molecule has 1 N–H and O–H groups in total. The molecule has 8 nitrogen and oxygen atoms in total. The molecule has 0 atom stereocenters. The second-order valence-electron chi connectivity index (χ2n) is 6.72. The SMILES string of the molecule is Cc1ccc(C)c(N(CC(=O)N/N=C\c2cccc3c2OCCO3)S(C)(=O)=O)c1. The van der Waals surface area contributed by atoms with Crippen LogP contribution in [0.2, 0.25) is 0 Å². The Balaban J connectivity index is 1.73. The van der Waals surface area contributed by atoms with Crippen molar-refractivity contribution in [1.82, 2.24) is 5.43 Å². The van der Waals surface area contributed by atoms with E-state index < -0.39 is 15.9 Å². The van der Waals surface area contributed by atoms with E-state index in [1.165, 1.54) is 6.21 Å². The van der Waals surface area contributed by atoms with Crippen LogP contribution in [0, 0.1) is 13.8 Å². The van der Waals surface area contributed by atoms with Crippen molar-refractivity contribution in [3.8, 4) is 11.5 Å². The van der Waals surface area contributed by atoms with Crippen LogP contribution in [0.1, 0.15) is 16.7 Å². The summed E-state index contributed by atoms with van der Waals surface area (Å²) >= 11 is 0. The molecule has 3 rings (SSSR count). The Morgan fingerprint density at radius 2 is 1.97 bits per heavy atom. The molecule has 29 heavy (non-hydrogen) atoms. The van der Waals surface area contributed by atoms with Gasteiger partial charge in [-0.05, 0) is 43.2 Å². The van der Waals surface area contributed by atoms with E-state index in [0.717, 1.165) is 21.7 Å². The molecule has 2 aromatic carbocycles. The topological polar surface area (TPSA) is 97.3 Å². The number of para-hydroxylation sites is 1. The fraction of sp³-hybridized carbons (Fsp3) is 0.300. The Labute approximate surface area is 170 Å². The molecular weight excluding hydrogens is 394 g/mol. The fourth-order valence-electron chi connectivity index (χ4n) is 2.91. The number of carbonyl (C=O) groups is 1. The fourth-order valence-corrected chi connectivity index (χ4v) is 3.81. The van der Waals surface area contributed by atoms with E-state index in [1.807, 2.05) is 19.1 Å². The third-order valence-electron chi connectivity index (χ3n) is 4.31. The van der Waals surface area contributed by atoms with E-state index in [2.05, 4.69) is 10.5 Å². The van der Waals surface area contributed by atoms with Gasteiger partial charge in [-0.3, -0.25) is 9.10 Å². The number of sulfonamides is 1. The third-order valence-corrected chi connectivity index (χ3v) is 5.44. The molecule has 0 spiro atoms. The molecule has 154 valence electrons. The van der Waals surface area contributed by atoms with E-state index in [1.54, 1.807) is 31.2 Å². The van der Waals surface area contributed by atoms with Crippen LogP contribution in [0.15, 0.2) is 41.5 Å². The number of hydrogen-bond donors (Lipinski definition) is 1. The van der Waals surface area contributed by atoms with Crippen molar-refractivity contribution in [3.05, 3.63) is 53.1 Å². The summed E-state index contributed by atoms with van der Waals surface area (Å²) < 4.78 is 36.7. The lowest BCUT2D eigenvalue weighted by molar-refractivity contribution is -0.119. The lowest BCUT2D eigenvalue weighted by Gasteiger charge is -2.23. The van der Waals surface area contributed by atoms with E-state index >= 15 is 0 Å². The second kappa shape index (κ2) is 8.52. The van der Waals surface area contributed by atoms with Crippen molar-refractivity contribution in [2.24, 2.45) is 5.10 Å². The van der Waals surface area contributed by atoms with Crippen LogP contribution >= 0.6 is 0 Å². The number of anilines is 1. The summed E-state index contributed by atoms with van der Waals surface area (Å²) in [7, 11) is -3.66. The number of fused-ring (bicyclic) bond motifs is 1. The molecule has 2 aromatic rings. The first-order chi connectivity index (χ1) is 13.8. The van der Waals surface area contributed by atoms with Gasteiger partial charge in [0.05, 0.1) is 18.2 Å². The highest BCUT2D eigenvalue weighted by Gasteiger charge is 2.22. The summed E-state index contributed by atoms with van der Waals surface area (Å²) in [6.07, 6.45) is 2.51. The van der Waals surface area contributed by atoms with Crippen LogP contribution < -0.4 is 19.2 Å². The number of rotatable bonds is 6. The molecule has 1 heterocycles. The van der Waals surface area contributed by atoms with Crippen LogP contribution in [0.3, 0.4) is 0 Å². The van der Waals surface area contributed by atoms with Gasteiger partial charge in [-0.2, -0.15) is 5.10 Å². The van der Waals surface area contributed by atoms with Gasteiger partial charge >= 0.3 is 0 Å². The summed E-state index contributed by atoms with van der Waals surface area (Å²) in [6.45, 7) is 4.18. The summed E-state index contributed by atoms with van der Waals surface area (Å²) in [4.78, 5) is 12.4. The zero-order chi connectivity index (χ0) is 21.0. The predicted molar refractivity (Wildman–Crippen MR) is 111 cm³/mol. The maximum absolute atomic E-state index is 12.4. The van der Waals surface area contributed by atoms with Gasteiger partial charge in [-0.25, -0.2) is 13.8 Å². The van der Waals surface area contributed by atoms with Crippen molar-refractivity contribution in [2.75, 3.05) is 30.3 Å². The highest BCUT2D eigenvalue weighted by molar-refractivity contribution is 7.92. The molecule has 9 heteroatoms. The molecule has 1 amide bonds. The average molecular weight is 417 g/mol. The van der Waals surface area contributed by atoms with E-state index in [0.29, 0.717) is 36.0 Å². The Morgan fingerprint density at radius 3 is 2.72 bits per heavy atom. The monoisotopic (exact) mass is 417 g/mol. The third kappa shape index (κ3) is 5.05. The number of hydrogen-bond acceptors (Lipinski definition) is 6. The largest absolute Gasteiger partial charge is 0.486 e. The smallest absolute Gasteiger partial charge is 0.260 e. The maximum Gasteiger partial charge on any atom is 0.260 e. The number of ether oxygens (including phenoxy) is 2. The molecule has 1 aliphatic heterocycles. The highest BCUT2D eigenvalue weighted by atomic mass is 32.2. The molecule has 1 aliphatic rings. The van der Waals surface area contributed by atoms with Gasteiger partial charge in [0.15, 0.2) is 11.5 Å². The predicted octanol–water partition coefficient (Wildman–Crippen LogP) is 1.99. The van der Waals surface area contributed by atoms with Crippen molar-refractivity contribution in [3.63, 3.8) is 0 Å². The van der Waals surface area contributed by atoms with Crippen LogP contribution in [-0.2, 0) is 14.8 Å². The highest BCUT2D eigenvalue weighted by Crippen LogP contribution is 2.32. The van der Waals surface area contributed by atoms with Crippen molar-refractivity contribution >= 4 is 27.8 Å². The number of aryl methyl sites for hydroxylation is 2. The van der Waals surface area contributed by atoms with Crippen molar-refractivity contribution in [1.29, 1.82) is 0 Å². The molecular formula is C20H23N3O5S. The number of hydrazone groups is 1. The summed E-state index contributed by atoms with van der Waals surface area (Å²) in [5.41, 5.74) is 5.14. The van der Waals surface area contributed by atoms with Crippen LogP contribution in [0.4, 0.5) is 5.69 Å². The number of amides is 1. The van der Waals surface area contributed by atoms with Crippen molar-refractivity contribution in [2.45, 2.75) is 13.8 Å². The van der Waals surface area contributed by atoms with Gasteiger partial charge in [0.25, 0.3) is 5.91 Å². The average Bonchev–Trinajstić information content (AvgIpc) is 2.67. The van der Waals surface area contributed by atoms with Gasteiger partial charge < -0.3 is 9.47 Å². The summed E-state index contributed by atoms with van der Waals surface area (Å²) in [5, 5.41) is 3.94. The van der Waals surface area contributed by atoms with Gasteiger partial charge in [0.1, 0.15) is 19.8 Å². The normalized spacial score (nSPS) is 13.3. The van der Waals surface area contributed by atoms with E-state index in [4.69, 9.17) is 9.47 Å². The maximum atomic E-state index is 12.4. The zero-order valence-electron chi connectivity index (χ0n) is 16.5. The van der Waals surface area contributed by atoms with Gasteiger partial charge in [-0.15, -0.1) is 0 Å². The lowest BCUT2D eigenvalue weighted by atomic mass is 10.1. The number of nitrogens with zero attached hydrogens (tertiary/aromatic N) is 2. The molecule has 0 fully saturated rings. The number of carbonyl (C=O) groups excluding carboxylic acids is 1. The Bertz CT molecular complexity index is 1050. The lowest BCUT2D eigenvalue weighted by Crippen LogP contribution is -2.39. The van der Waals surface area contributed by atoms with Gasteiger partial charge in [0.2, 0.25) is 10.0 Å². The first kappa shape index (κ1) is 20.7. The Kier molecular flexibility index (Phi) is 6.07. The minimum Gasteiger partial charge on any atom is -0.486 e. The van der Waals surface area contributed by atoms with Crippen molar-refractivity contribution < 1.29 is 22.7 Å². The number of nitrogens with one attached hydrogen (secondary N) is 1. The molecule has 0 saturated carbocycles. The minimum absolute atomic E-state index is 0.382. The molecule has 0 aliphatic carbocycles. The summed E-state index contributed by atoms with van der Waals surface area (Å²) in [6, 6.07) is 10.8. The second-order valence-corrected chi connectivity index (χ2v) is 8.63. The van der Waals surface area contributed by atoms with Crippen LogP contribution in [0.25, 0.3) is 0 Å². The van der Waals surface area contributed by atoms with E-state index in [-0.39, 0.29) is 6.54 Å². The molecule has 0 saturated heterocycles. The molecule has 0 unspecified atom stereocenters. The standard InChI is InChI=1S/C20H23N3O5S/c1-14-7-8-15(2)17(11-14)23(29(3,25)26)13-19(24)22-21-12-16-5-4-6-18-20(16)28-10-9-27-18/h4-8,11-12H,9-10,13H2,1-3H3,(H,22,24)/b21-12-. The van der Waals surface area contributed by atoms with Crippen LogP contribution in [-0.4, -0.2) is 46.6 Å². The molecule has 0 bridgehead atoms. The zero-order valence-corrected chi connectivity index (χ0v) is 17.3. The van der Waals surface area contributed by atoms with Crippen LogP contribution in [0.5, 0.6) is 11.5 Å². The quantitative estimate of drug-likeness (QED) is 0.573. The molecule has 0 aromatic heterocycles. The Hall–Kier alpha value is -3.07.